The molecule has 0 N–H and O–H groups in total. The zero-order valence-electron chi connectivity index (χ0n) is 5.67. The van der Waals surface area contributed by atoms with Crippen LogP contribution in [0.4, 0.5) is 4.39 Å². The molecule has 0 fully saturated rings. The summed E-state index contributed by atoms with van der Waals surface area (Å²) in [5.74, 6) is -0.441. The largest absolute Gasteiger partial charge is 0.289 e. The normalized spacial score (nSPS) is 13.7. The molecule has 0 unspecified atom stereocenters. The van der Waals surface area contributed by atoms with Crippen molar-refractivity contribution in [3.8, 4) is 0 Å². The minimum Gasteiger partial charge on any atom is -0.289 e. The Kier molecular flexibility index (Phi) is 1.15. The second-order valence-electron chi connectivity index (χ2n) is 2.40. The van der Waals surface area contributed by atoms with E-state index in [1.807, 2.05) is 0 Å². The first-order valence-corrected chi connectivity index (χ1v) is 3.30. The molecule has 0 aromatic heterocycles. The third-order valence-electron chi connectivity index (χ3n) is 1.72. The van der Waals surface area contributed by atoms with Gasteiger partial charge in [-0.2, -0.15) is 0 Å². The van der Waals surface area contributed by atoms with Gasteiger partial charge < -0.3 is 0 Å². The second kappa shape index (κ2) is 2.02. The molecule has 0 amide bonds. The van der Waals surface area contributed by atoms with E-state index in [-0.39, 0.29) is 11.6 Å². The monoisotopic (exact) mass is 148 g/mol. The summed E-state index contributed by atoms with van der Waals surface area (Å²) in [5, 5.41) is 0. The Balaban J connectivity index is 2.74. The van der Waals surface area contributed by atoms with E-state index in [0.29, 0.717) is 11.1 Å². The van der Waals surface area contributed by atoms with Gasteiger partial charge in [-0.3, -0.25) is 4.79 Å². The van der Waals surface area contributed by atoms with Gasteiger partial charge in [0.05, 0.1) is 0 Å². The van der Waals surface area contributed by atoms with Crippen molar-refractivity contribution in [2.75, 3.05) is 0 Å². The third-order valence-corrected chi connectivity index (χ3v) is 1.72. The van der Waals surface area contributed by atoms with Gasteiger partial charge in [-0.05, 0) is 18.2 Å². The van der Waals surface area contributed by atoms with E-state index < -0.39 is 0 Å². The van der Waals surface area contributed by atoms with Gasteiger partial charge in [0.25, 0.3) is 0 Å². The Morgan fingerprint density at radius 3 is 2.73 bits per heavy atom. The number of hydrogen-bond donors (Lipinski definition) is 0. The quantitative estimate of drug-likeness (QED) is 0.550. The fourth-order valence-electron chi connectivity index (χ4n) is 1.17. The summed E-state index contributed by atoms with van der Waals surface area (Å²) in [5.41, 5.74) is 0.877. The molecule has 11 heavy (non-hydrogen) atoms. The summed E-state index contributed by atoms with van der Waals surface area (Å²) in [4.78, 5) is 11.0. The van der Waals surface area contributed by atoms with Gasteiger partial charge in [0.1, 0.15) is 5.82 Å². The van der Waals surface area contributed by atoms with Crippen LogP contribution in [0, 0.1) is 5.82 Å². The third kappa shape index (κ3) is 0.792. The zero-order chi connectivity index (χ0) is 7.84. The Bertz CT molecular complexity index is 353. The van der Waals surface area contributed by atoms with Crippen LogP contribution in [0.15, 0.2) is 24.3 Å². The van der Waals surface area contributed by atoms with Gasteiger partial charge in [0, 0.05) is 11.1 Å². The van der Waals surface area contributed by atoms with Crippen LogP contribution in [-0.2, 0) is 0 Å². The highest BCUT2D eigenvalue weighted by molar-refractivity contribution is 6.13. The molecule has 0 bridgehead atoms. The van der Waals surface area contributed by atoms with Gasteiger partial charge in [0.2, 0.25) is 0 Å². The van der Waals surface area contributed by atoms with Crippen molar-refractivity contribution in [2.45, 2.75) is 0 Å². The van der Waals surface area contributed by atoms with Crippen molar-refractivity contribution < 1.29 is 9.18 Å². The average molecular weight is 148 g/mol. The van der Waals surface area contributed by atoms with E-state index in [2.05, 4.69) is 0 Å². The molecule has 2 rings (SSSR count). The van der Waals surface area contributed by atoms with Gasteiger partial charge >= 0.3 is 0 Å². The Morgan fingerprint density at radius 2 is 2.00 bits per heavy atom. The molecule has 0 heterocycles. The molecular formula is C9H5FO. The summed E-state index contributed by atoms with van der Waals surface area (Å²) in [6, 6.07) is 4.52. The van der Waals surface area contributed by atoms with E-state index in [1.165, 1.54) is 18.2 Å². The summed E-state index contributed by atoms with van der Waals surface area (Å²) in [6.07, 6.45) is 2.89. The highest BCUT2D eigenvalue weighted by Crippen LogP contribution is 2.21. The summed E-state index contributed by atoms with van der Waals surface area (Å²) in [7, 11) is 0. The maximum atomic E-state index is 12.9. The smallest absolute Gasteiger partial charge is 0.186 e. The molecular weight excluding hydrogens is 143 g/mol. The van der Waals surface area contributed by atoms with Crippen LogP contribution in [0.25, 0.3) is 6.08 Å². The summed E-state index contributed by atoms with van der Waals surface area (Å²) in [6.45, 7) is 0. The van der Waals surface area contributed by atoms with E-state index in [0.717, 1.165) is 0 Å². The van der Waals surface area contributed by atoms with E-state index >= 15 is 0 Å². The fourth-order valence-corrected chi connectivity index (χ4v) is 1.17. The fraction of sp³-hybridized carbons (Fsp3) is 0. The van der Waals surface area contributed by atoms with Crippen LogP contribution in [0.5, 0.6) is 0 Å². The van der Waals surface area contributed by atoms with Gasteiger partial charge in [-0.15, -0.1) is 0 Å². The van der Waals surface area contributed by atoms with Gasteiger partial charge in [-0.25, -0.2) is 4.39 Å². The maximum absolute atomic E-state index is 12.9. The first kappa shape index (κ1) is 6.28. The molecule has 1 aliphatic rings. The molecule has 2 heteroatoms. The molecule has 0 aliphatic heterocycles. The highest BCUT2D eigenvalue weighted by atomic mass is 19.1. The van der Waals surface area contributed by atoms with Crippen LogP contribution < -0.4 is 0 Å². The van der Waals surface area contributed by atoms with Gasteiger partial charge in [0.15, 0.2) is 5.78 Å². The van der Waals surface area contributed by atoms with Crippen LogP contribution in [0.3, 0.4) is 0 Å². The zero-order valence-corrected chi connectivity index (χ0v) is 5.67. The number of halogens is 1. The Morgan fingerprint density at radius 1 is 1.18 bits per heavy atom. The van der Waals surface area contributed by atoms with Gasteiger partial charge in [-0.1, -0.05) is 12.1 Å². The predicted molar refractivity (Wildman–Crippen MR) is 39.8 cm³/mol. The molecule has 54 valence electrons. The van der Waals surface area contributed by atoms with Crippen LogP contribution in [-0.4, -0.2) is 5.78 Å². The molecule has 0 spiro atoms. The molecule has 0 atom stereocenters. The minimum atomic E-state index is -0.329. The van der Waals surface area contributed by atoms with E-state index in [9.17, 15) is 9.18 Å². The van der Waals surface area contributed by atoms with Crippen LogP contribution in [0.1, 0.15) is 15.9 Å². The topological polar surface area (TPSA) is 17.1 Å². The van der Waals surface area contributed by atoms with Crippen molar-refractivity contribution in [1.29, 1.82) is 0 Å². The van der Waals surface area contributed by atoms with Crippen molar-refractivity contribution in [1.82, 2.24) is 0 Å². The highest BCUT2D eigenvalue weighted by Gasteiger charge is 2.15. The number of ketones is 1. The minimum absolute atomic E-state index is 0.112. The lowest BCUT2D eigenvalue weighted by molar-refractivity contribution is 0.105. The lowest BCUT2D eigenvalue weighted by atomic mass is 10.1. The molecule has 1 aromatic carbocycles. The number of hydrogen-bond acceptors (Lipinski definition) is 1. The SMILES string of the molecule is O=C1C=Cc2c(F)cccc21. The van der Waals surface area contributed by atoms with E-state index in [1.54, 1.807) is 12.1 Å². The summed E-state index contributed by atoms with van der Waals surface area (Å²) < 4.78 is 12.9. The van der Waals surface area contributed by atoms with Crippen molar-refractivity contribution in [3.63, 3.8) is 0 Å². The first-order valence-electron chi connectivity index (χ1n) is 3.30. The van der Waals surface area contributed by atoms with Crippen molar-refractivity contribution in [3.05, 3.63) is 41.2 Å². The number of carbonyl (C=O) groups is 1. The average Bonchev–Trinajstić information content (AvgIpc) is 2.35. The number of allylic oxidation sites excluding steroid dienone is 1. The standard InChI is InChI=1S/C9H5FO/c10-8-3-1-2-7-6(8)4-5-9(7)11/h1-5H. The molecule has 0 radical (unpaired) electrons. The lowest BCUT2D eigenvalue weighted by Gasteiger charge is -1.95. The predicted octanol–water partition coefficient (Wildman–Crippen LogP) is 2.04. The van der Waals surface area contributed by atoms with Crippen molar-refractivity contribution in [2.24, 2.45) is 0 Å². The Labute approximate surface area is 63.2 Å². The number of benzene rings is 1. The lowest BCUT2D eigenvalue weighted by Crippen LogP contribution is -1.92. The molecule has 1 nitrogen and oxygen atoms in total. The number of carbonyl (C=O) groups excluding carboxylic acids is 1. The maximum Gasteiger partial charge on any atom is 0.186 e. The first-order chi connectivity index (χ1) is 5.29. The molecule has 0 saturated heterocycles. The van der Waals surface area contributed by atoms with Crippen molar-refractivity contribution >= 4 is 11.9 Å². The second-order valence-corrected chi connectivity index (χ2v) is 2.40. The molecule has 1 aliphatic carbocycles. The van der Waals surface area contributed by atoms with Crippen LogP contribution in [0.2, 0.25) is 0 Å². The molecule has 0 saturated carbocycles. The summed E-state index contributed by atoms with van der Waals surface area (Å²) >= 11 is 0. The van der Waals surface area contributed by atoms with E-state index in [4.69, 9.17) is 0 Å². The van der Waals surface area contributed by atoms with Crippen LogP contribution >= 0.6 is 0 Å². The number of fused-ring (bicyclic) bond motifs is 1. The number of rotatable bonds is 0. The molecule has 1 aromatic rings. The Hall–Kier alpha value is -1.44.